The van der Waals surface area contributed by atoms with E-state index in [1.807, 2.05) is 0 Å². The molecule has 0 atom stereocenters. The first-order valence-electron chi connectivity index (χ1n) is 19.3. The smallest absolute Gasteiger partial charge is 0.0541 e. The summed E-state index contributed by atoms with van der Waals surface area (Å²) < 4.78 is 4.77. The highest BCUT2D eigenvalue weighted by Gasteiger charge is 2.16. The summed E-state index contributed by atoms with van der Waals surface area (Å²) in [5.74, 6) is 0. The minimum Gasteiger partial charge on any atom is -0.309 e. The molecule has 11 aromatic rings. The first-order chi connectivity index (χ1) is 27.8. The molecule has 0 radical (unpaired) electrons. The molecule has 2 heterocycles. The van der Waals surface area contributed by atoms with E-state index in [1.165, 1.54) is 93.8 Å². The molecule has 0 bridgehead atoms. The average molecular weight is 713 g/mol. The highest BCUT2D eigenvalue weighted by Crippen LogP contribution is 2.38. The molecule has 0 aliphatic rings. The van der Waals surface area contributed by atoms with Crippen molar-refractivity contribution in [3.05, 3.63) is 218 Å². The van der Waals surface area contributed by atoms with Crippen molar-refractivity contribution in [3.8, 4) is 55.9 Å². The van der Waals surface area contributed by atoms with Gasteiger partial charge in [-0.1, -0.05) is 158 Å². The van der Waals surface area contributed by atoms with Gasteiger partial charge in [-0.2, -0.15) is 0 Å². The maximum atomic E-state index is 2.40. The average Bonchev–Trinajstić information content (AvgIpc) is 3.79. The van der Waals surface area contributed by atoms with Crippen LogP contribution in [0.2, 0.25) is 0 Å². The van der Waals surface area contributed by atoms with Crippen molar-refractivity contribution in [2.45, 2.75) is 0 Å². The SMILES string of the molecule is c1ccc(-c2ccc(-c3ccc(-c4ccc(-n5c6ccccc6c6cc(-c7ccc8c(c7)c7ccccc7n8-c7ccccc7)ccc65)cc4)cc3)cc2)cc1. The van der Waals surface area contributed by atoms with Crippen molar-refractivity contribution in [3.63, 3.8) is 0 Å². The van der Waals surface area contributed by atoms with Gasteiger partial charge in [-0.15, -0.1) is 0 Å². The van der Waals surface area contributed by atoms with E-state index in [1.54, 1.807) is 0 Å². The minimum absolute atomic E-state index is 1.15. The Morgan fingerprint density at radius 3 is 0.946 bits per heavy atom. The van der Waals surface area contributed by atoms with Crippen molar-refractivity contribution < 1.29 is 0 Å². The number of benzene rings is 9. The van der Waals surface area contributed by atoms with Crippen LogP contribution < -0.4 is 0 Å². The normalized spacial score (nSPS) is 11.6. The molecule has 0 spiro atoms. The molecule has 0 fully saturated rings. The Bertz CT molecular complexity index is 3190. The fourth-order valence-electron chi connectivity index (χ4n) is 8.58. The van der Waals surface area contributed by atoms with Crippen molar-refractivity contribution in [2.75, 3.05) is 0 Å². The third-order valence-electron chi connectivity index (χ3n) is 11.4. The van der Waals surface area contributed by atoms with E-state index < -0.39 is 0 Å². The Labute approximate surface area is 325 Å². The summed E-state index contributed by atoms with van der Waals surface area (Å²) in [5.41, 5.74) is 16.9. The molecule has 11 rings (SSSR count). The van der Waals surface area contributed by atoms with Crippen LogP contribution in [0.15, 0.2) is 218 Å². The first-order valence-corrected chi connectivity index (χ1v) is 19.3. The molecule has 9 aromatic carbocycles. The molecule has 56 heavy (non-hydrogen) atoms. The highest BCUT2D eigenvalue weighted by molar-refractivity contribution is 6.12. The second kappa shape index (κ2) is 13.2. The van der Waals surface area contributed by atoms with Crippen LogP contribution >= 0.6 is 0 Å². The zero-order valence-corrected chi connectivity index (χ0v) is 30.7. The van der Waals surface area contributed by atoms with Crippen molar-refractivity contribution >= 4 is 43.6 Å². The fourth-order valence-corrected chi connectivity index (χ4v) is 8.58. The Balaban J connectivity index is 0.926. The second-order valence-electron chi connectivity index (χ2n) is 14.6. The van der Waals surface area contributed by atoms with Crippen LogP contribution in [0.5, 0.6) is 0 Å². The third kappa shape index (κ3) is 5.34. The molecule has 0 amide bonds. The summed E-state index contributed by atoms with van der Waals surface area (Å²) in [5, 5.41) is 5.03. The summed E-state index contributed by atoms with van der Waals surface area (Å²) in [6.07, 6.45) is 0. The van der Waals surface area contributed by atoms with Gasteiger partial charge in [0.05, 0.1) is 22.1 Å². The highest BCUT2D eigenvalue weighted by atomic mass is 15.0. The maximum absolute atomic E-state index is 2.40. The zero-order chi connectivity index (χ0) is 37.0. The van der Waals surface area contributed by atoms with Crippen LogP contribution in [0.1, 0.15) is 0 Å². The molecule has 0 saturated heterocycles. The number of nitrogens with zero attached hydrogens (tertiary/aromatic N) is 2. The van der Waals surface area contributed by atoms with Gasteiger partial charge in [0, 0.05) is 32.9 Å². The lowest BCUT2D eigenvalue weighted by atomic mass is 9.98. The number of hydrogen-bond acceptors (Lipinski definition) is 0. The Kier molecular flexibility index (Phi) is 7.53. The third-order valence-corrected chi connectivity index (χ3v) is 11.4. The van der Waals surface area contributed by atoms with Gasteiger partial charge < -0.3 is 9.13 Å². The predicted octanol–water partition coefficient (Wildman–Crippen LogP) is 14.5. The lowest BCUT2D eigenvalue weighted by Crippen LogP contribution is -1.94. The summed E-state index contributed by atoms with van der Waals surface area (Å²) in [6.45, 7) is 0. The van der Waals surface area contributed by atoms with E-state index in [0.29, 0.717) is 0 Å². The Morgan fingerprint density at radius 1 is 0.196 bits per heavy atom. The van der Waals surface area contributed by atoms with Crippen LogP contribution in [0.3, 0.4) is 0 Å². The van der Waals surface area contributed by atoms with Gasteiger partial charge in [-0.3, -0.25) is 0 Å². The van der Waals surface area contributed by atoms with E-state index in [2.05, 4.69) is 228 Å². The van der Waals surface area contributed by atoms with Crippen molar-refractivity contribution in [1.82, 2.24) is 9.13 Å². The lowest BCUT2D eigenvalue weighted by molar-refractivity contribution is 1.18. The number of hydrogen-bond donors (Lipinski definition) is 0. The molecular formula is C54H36N2. The maximum Gasteiger partial charge on any atom is 0.0541 e. The molecule has 262 valence electrons. The van der Waals surface area contributed by atoms with Crippen molar-refractivity contribution in [2.24, 2.45) is 0 Å². The van der Waals surface area contributed by atoms with E-state index in [-0.39, 0.29) is 0 Å². The first kappa shape index (κ1) is 32.0. The number of aromatic nitrogens is 2. The number of rotatable bonds is 6. The summed E-state index contributed by atoms with van der Waals surface area (Å²) >= 11 is 0. The molecule has 0 N–H and O–H groups in total. The molecule has 2 heteroatoms. The van der Waals surface area contributed by atoms with Gasteiger partial charge in [0.25, 0.3) is 0 Å². The summed E-state index contributed by atoms with van der Waals surface area (Å²) in [4.78, 5) is 0. The van der Waals surface area contributed by atoms with Crippen LogP contribution in [0.25, 0.3) is 99.5 Å². The van der Waals surface area contributed by atoms with Gasteiger partial charge in [0.1, 0.15) is 0 Å². The van der Waals surface area contributed by atoms with E-state index in [4.69, 9.17) is 0 Å². The molecule has 2 aromatic heterocycles. The molecular weight excluding hydrogens is 677 g/mol. The second-order valence-corrected chi connectivity index (χ2v) is 14.6. The quantitative estimate of drug-likeness (QED) is 0.162. The van der Waals surface area contributed by atoms with E-state index in [0.717, 1.165) is 5.69 Å². The van der Waals surface area contributed by atoms with Gasteiger partial charge in [-0.25, -0.2) is 0 Å². The molecule has 0 unspecified atom stereocenters. The monoisotopic (exact) mass is 712 g/mol. The largest absolute Gasteiger partial charge is 0.309 e. The van der Waals surface area contributed by atoms with Gasteiger partial charge >= 0.3 is 0 Å². The van der Waals surface area contributed by atoms with E-state index in [9.17, 15) is 0 Å². The van der Waals surface area contributed by atoms with Crippen molar-refractivity contribution in [1.29, 1.82) is 0 Å². The van der Waals surface area contributed by atoms with Crippen LogP contribution in [0.4, 0.5) is 0 Å². The Hall–Kier alpha value is -7.42. The van der Waals surface area contributed by atoms with Crippen LogP contribution in [-0.2, 0) is 0 Å². The zero-order valence-electron chi connectivity index (χ0n) is 30.7. The molecule has 0 aliphatic heterocycles. The Morgan fingerprint density at radius 2 is 0.500 bits per heavy atom. The number of para-hydroxylation sites is 3. The van der Waals surface area contributed by atoms with E-state index >= 15 is 0 Å². The predicted molar refractivity (Wildman–Crippen MR) is 237 cm³/mol. The molecule has 2 nitrogen and oxygen atoms in total. The molecule has 0 saturated carbocycles. The van der Waals surface area contributed by atoms with Gasteiger partial charge in [0.15, 0.2) is 0 Å². The van der Waals surface area contributed by atoms with Gasteiger partial charge in [0.2, 0.25) is 0 Å². The van der Waals surface area contributed by atoms with Crippen LogP contribution in [0, 0.1) is 0 Å². The fraction of sp³-hybridized carbons (Fsp3) is 0. The summed E-state index contributed by atoms with van der Waals surface area (Å²) in [7, 11) is 0. The van der Waals surface area contributed by atoms with Gasteiger partial charge in [-0.05, 0) is 105 Å². The standard InChI is InChI=1S/C54H36N2/c1-3-11-37(12-4-1)38-19-21-39(22-20-38)40-23-25-41(26-24-40)42-27-31-46(32-28-42)56-52-18-10-8-16-48(52)50-36-44(30-34-54(50)56)43-29-33-53-49(35-43)47-15-7-9-17-51(47)55(53)45-13-5-2-6-14-45/h1-36H. The number of fused-ring (bicyclic) bond motifs is 6. The minimum atomic E-state index is 1.15. The molecule has 0 aliphatic carbocycles. The summed E-state index contributed by atoms with van der Waals surface area (Å²) in [6, 6.07) is 79.3. The topological polar surface area (TPSA) is 9.86 Å². The van der Waals surface area contributed by atoms with Crippen LogP contribution in [-0.4, -0.2) is 9.13 Å². The lowest BCUT2D eigenvalue weighted by Gasteiger charge is -2.11.